The molecule has 4 aliphatic rings. The minimum Gasteiger partial charge on any atom is -0.394 e. The van der Waals surface area contributed by atoms with E-state index in [0.29, 0.717) is 53.3 Å². The molecule has 2 amide bonds. The molecule has 4 fully saturated rings. The zero-order valence-electron chi connectivity index (χ0n) is 35.1. The molecule has 0 radical (unpaired) electrons. The lowest BCUT2D eigenvalue weighted by atomic mass is 9.45. The third-order valence-electron chi connectivity index (χ3n) is 13.4. The fourth-order valence-corrected chi connectivity index (χ4v) is 10.2. The van der Waals surface area contributed by atoms with E-state index in [9.17, 15) is 14.7 Å². The average Bonchev–Trinajstić information content (AvgIpc) is 3.52. The Morgan fingerprint density at radius 1 is 1.02 bits per heavy atom. The van der Waals surface area contributed by atoms with Crippen LogP contribution in [0, 0.1) is 41.9 Å². The number of rotatable bonds is 14. The van der Waals surface area contributed by atoms with Crippen molar-refractivity contribution < 1.29 is 19.5 Å². The van der Waals surface area contributed by atoms with Gasteiger partial charge >= 0.3 is 0 Å². The predicted molar refractivity (Wildman–Crippen MR) is 227 cm³/mol. The summed E-state index contributed by atoms with van der Waals surface area (Å²) in [5.41, 5.74) is 6.79. The molecule has 304 valence electrons. The summed E-state index contributed by atoms with van der Waals surface area (Å²) in [5.74, 6) is 1.45. The second-order valence-corrected chi connectivity index (χ2v) is 18.6. The quantitative estimate of drug-likeness (QED) is 0.159. The number of hydrogen-bond donors (Lipinski definition) is 3. The number of aliphatic hydroxyl groups is 1. The smallest absolute Gasteiger partial charge is 0.251 e. The number of nitrogens with one attached hydrogen (secondary N) is 2. The van der Waals surface area contributed by atoms with E-state index in [0.717, 1.165) is 39.9 Å². The van der Waals surface area contributed by atoms with Gasteiger partial charge in [0.05, 0.1) is 13.2 Å². The Hall–Kier alpha value is -3.47. The van der Waals surface area contributed by atoms with Gasteiger partial charge in [-0.15, -0.1) is 0 Å². The van der Waals surface area contributed by atoms with Crippen LogP contribution in [0.5, 0.6) is 0 Å². The standard InChI is InChI=1S/C46H64ClN5O4/c1-27(2)42-41(26-53)56-52(43(42)45(55)49-40-23-34-22-38(29(40)4)46(34,5)6)24-31-15-13-16-37(28(31)3)32-18-33(21-36(20-32)51(9)10)44(54)48-35(25-50(7)8)19-30-14-11-12-17-39(30)47/h11-18,20-21,27,29,34-35,38,40-43,53H,19,22-26H2,1-10H3,(H,48,54)(H,49,55)/t29-,34+,35-,38-,40-,41-,42+,43-/m0/s1. The molecule has 7 rings (SSSR count). The molecule has 1 aliphatic heterocycles. The number of carbonyl (C=O) groups is 2. The number of aliphatic hydroxyl groups excluding tert-OH is 1. The molecule has 1 saturated heterocycles. The van der Waals surface area contributed by atoms with Crippen molar-refractivity contribution in [1.82, 2.24) is 20.6 Å². The molecule has 3 N–H and O–H groups in total. The summed E-state index contributed by atoms with van der Waals surface area (Å²) >= 11 is 6.53. The number of halogens is 1. The highest BCUT2D eigenvalue weighted by molar-refractivity contribution is 6.31. The molecular formula is C46H64ClN5O4. The first-order valence-corrected chi connectivity index (χ1v) is 20.8. The van der Waals surface area contributed by atoms with Gasteiger partial charge in [-0.3, -0.25) is 14.4 Å². The fourth-order valence-electron chi connectivity index (χ4n) is 10.00. The van der Waals surface area contributed by atoms with Crippen LogP contribution in [0.1, 0.15) is 74.5 Å². The van der Waals surface area contributed by atoms with Crippen LogP contribution in [0.4, 0.5) is 5.69 Å². The average molecular weight is 787 g/mol. The van der Waals surface area contributed by atoms with Crippen molar-refractivity contribution in [3.8, 4) is 11.1 Å². The first-order chi connectivity index (χ1) is 26.5. The molecule has 3 saturated carbocycles. The van der Waals surface area contributed by atoms with Crippen LogP contribution in [0.25, 0.3) is 11.1 Å². The Balaban J connectivity index is 1.26. The molecule has 3 aromatic carbocycles. The van der Waals surface area contributed by atoms with Gasteiger partial charge < -0.3 is 25.5 Å². The summed E-state index contributed by atoms with van der Waals surface area (Å²) in [7, 11) is 7.96. The topological polar surface area (TPSA) is 97.4 Å². The van der Waals surface area contributed by atoms with Crippen LogP contribution in [0.2, 0.25) is 5.02 Å². The zero-order chi connectivity index (χ0) is 40.6. The van der Waals surface area contributed by atoms with E-state index >= 15 is 0 Å². The van der Waals surface area contributed by atoms with Crippen LogP contribution in [0.15, 0.2) is 60.7 Å². The van der Waals surface area contributed by atoms with E-state index in [-0.39, 0.29) is 42.3 Å². The van der Waals surface area contributed by atoms with Crippen molar-refractivity contribution in [3.63, 3.8) is 0 Å². The monoisotopic (exact) mass is 785 g/mol. The molecule has 3 aromatic rings. The summed E-state index contributed by atoms with van der Waals surface area (Å²) < 4.78 is 0. The van der Waals surface area contributed by atoms with E-state index in [1.165, 1.54) is 6.42 Å². The zero-order valence-corrected chi connectivity index (χ0v) is 35.9. The Labute approximate surface area is 340 Å². The van der Waals surface area contributed by atoms with Gasteiger partial charge in [-0.25, -0.2) is 0 Å². The van der Waals surface area contributed by atoms with Crippen LogP contribution >= 0.6 is 11.6 Å². The molecule has 3 aliphatic carbocycles. The summed E-state index contributed by atoms with van der Waals surface area (Å²) in [6.45, 7) is 14.2. The second kappa shape index (κ2) is 17.2. The van der Waals surface area contributed by atoms with Gasteiger partial charge in [0, 0.05) is 54.9 Å². The van der Waals surface area contributed by atoms with Crippen molar-refractivity contribution in [2.75, 3.05) is 46.2 Å². The van der Waals surface area contributed by atoms with Crippen LogP contribution in [0.3, 0.4) is 0 Å². The number of nitrogens with zero attached hydrogens (tertiary/aromatic N) is 3. The molecular weight excluding hydrogens is 722 g/mol. The van der Waals surface area contributed by atoms with Crippen LogP contribution < -0.4 is 15.5 Å². The third-order valence-corrected chi connectivity index (χ3v) is 13.8. The summed E-state index contributed by atoms with van der Waals surface area (Å²) in [5, 5.41) is 19.8. The van der Waals surface area contributed by atoms with E-state index in [1.54, 1.807) is 0 Å². The van der Waals surface area contributed by atoms with Gasteiger partial charge in [0.15, 0.2) is 0 Å². The molecule has 9 nitrogen and oxygen atoms in total. The number of anilines is 1. The van der Waals surface area contributed by atoms with E-state index in [2.05, 4.69) is 75.3 Å². The number of likely N-dealkylation sites (N-methyl/N-ethyl adjacent to an activating group) is 1. The molecule has 1 heterocycles. The van der Waals surface area contributed by atoms with Gasteiger partial charge in [-0.05, 0) is 121 Å². The summed E-state index contributed by atoms with van der Waals surface area (Å²) in [6.07, 6.45) is 2.39. The van der Waals surface area contributed by atoms with Crippen LogP contribution in [-0.4, -0.2) is 92.5 Å². The number of hydrogen-bond acceptors (Lipinski definition) is 7. The highest BCUT2D eigenvalue weighted by Gasteiger charge is 2.57. The predicted octanol–water partition coefficient (Wildman–Crippen LogP) is 7.22. The van der Waals surface area contributed by atoms with Crippen molar-refractivity contribution in [2.45, 2.75) is 91.6 Å². The maximum Gasteiger partial charge on any atom is 0.251 e. The molecule has 0 spiro atoms. The SMILES string of the molecule is Cc1c(CN2O[C@@H](CO)[C@@H](C(C)C)[C@H]2C(=O)N[C@H]2C[C@H]3C[C@@H]([C@@H]2C)C3(C)C)cccc1-c1cc(C(=O)N[C@@H](Cc2ccccc2Cl)CN(C)C)cc(N(C)C)c1. The number of hydroxylamine groups is 2. The number of amides is 2. The van der Waals surface area contributed by atoms with E-state index in [1.807, 2.05) is 80.6 Å². The third kappa shape index (κ3) is 8.68. The minimum atomic E-state index is -0.540. The molecule has 0 unspecified atom stereocenters. The summed E-state index contributed by atoms with van der Waals surface area (Å²) in [4.78, 5) is 39.0. The first-order valence-electron chi connectivity index (χ1n) is 20.4. The second-order valence-electron chi connectivity index (χ2n) is 18.2. The Kier molecular flexibility index (Phi) is 12.9. The van der Waals surface area contributed by atoms with Crippen molar-refractivity contribution in [2.24, 2.45) is 35.0 Å². The number of benzene rings is 3. The maximum atomic E-state index is 14.4. The largest absolute Gasteiger partial charge is 0.394 e. The maximum absolute atomic E-state index is 14.4. The Morgan fingerprint density at radius 3 is 2.36 bits per heavy atom. The summed E-state index contributed by atoms with van der Waals surface area (Å²) in [6, 6.07) is 19.4. The van der Waals surface area contributed by atoms with Gasteiger partial charge in [-0.1, -0.05) is 82.6 Å². The normalized spacial score (nSPS) is 26.2. The van der Waals surface area contributed by atoms with Gasteiger partial charge in [0.25, 0.3) is 5.91 Å². The number of carbonyl (C=O) groups excluding carboxylic acids is 2. The van der Waals surface area contributed by atoms with Gasteiger partial charge in [0.2, 0.25) is 5.91 Å². The van der Waals surface area contributed by atoms with Gasteiger partial charge in [-0.2, -0.15) is 5.06 Å². The Bertz CT molecular complexity index is 1880. The van der Waals surface area contributed by atoms with Crippen molar-refractivity contribution in [3.05, 3.63) is 87.9 Å². The van der Waals surface area contributed by atoms with E-state index in [4.69, 9.17) is 16.4 Å². The van der Waals surface area contributed by atoms with E-state index < -0.39 is 12.1 Å². The molecule has 0 aromatic heterocycles. The highest BCUT2D eigenvalue weighted by Crippen LogP contribution is 2.61. The molecule has 10 heteroatoms. The molecule has 8 atom stereocenters. The Morgan fingerprint density at radius 2 is 1.73 bits per heavy atom. The minimum absolute atomic E-state index is 0.0131. The fraction of sp³-hybridized carbons (Fsp3) is 0.565. The first kappa shape index (κ1) is 42.1. The lowest BCUT2D eigenvalue weighted by Crippen LogP contribution is -2.62. The van der Waals surface area contributed by atoms with Crippen LogP contribution in [-0.2, 0) is 22.6 Å². The van der Waals surface area contributed by atoms with Gasteiger partial charge in [0.1, 0.15) is 12.1 Å². The lowest BCUT2D eigenvalue weighted by molar-refractivity contribution is -0.183. The molecule has 56 heavy (non-hydrogen) atoms. The van der Waals surface area contributed by atoms with Crippen molar-refractivity contribution >= 4 is 29.1 Å². The lowest BCUT2D eigenvalue weighted by Gasteiger charge is -2.62. The van der Waals surface area contributed by atoms with Crippen molar-refractivity contribution in [1.29, 1.82) is 0 Å². The number of fused-ring (bicyclic) bond motifs is 2. The molecule has 2 bridgehead atoms. The highest BCUT2D eigenvalue weighted by atomic mass is 35.5.